The van der Waals surface area contributed by atoms with Gasteiger partial charge in [0.1, 0.15) is 29.6 Å². The van der Waals surface area contributed by atoms with Gasteiger partial charge in [-0.15, -0.1) is 0 Å². The number of nitrogens with one attached hydrogen (secondary N) is 3. The third kappa shape index (κ3) is 12.2. The van der Waals surface area contributed by atoms with Crippen molar-refractivity contribution in [2.75, 3.05) is 6.54 Å². The van der Waals surface area contributed by atoms with Crippen LogP contribution in [0.1, 0.15) is 30.4 Å². The number of nitrogens with zero attached hydrogens (tertiary/aromatic N) is 1. The Bertz CT molecular complexity index is 1330. The lowest BCUT2D eigenvalue weighted by molar-refractivity contribution is -0.142. The second-order valence-electron chi connectivity index (χ2n) is 9.99. The summed E-state index contributed by atoms with van der Waals surface area (Å²) in [4.78, 5) is 66.6. The van der Waals surface area contributed by atoms with Gasteiger partial charge in [-0.25, -0.2) is 4.79 Å². The number of phenols is 2. The van der Waals surface area contributed by atoms with Crippen LogP contribution >= 0.6 is 0 Å². The van der Waals surface area contributed by atoms with Crippen molar-refractivity contribution in [1.29, 1.82) is 0 Å². The second kappa shape index (κ2) is 16.9. The number of guanidine groups is 1. The molecule has 0 aromatic heterocycles. The van der Waals surface area contributed by atoms with Crippen LogP contribution in [-0.4, -0.2) is 81.6 Å². The first-order valence-electron chi connectivity index (χ1n) is 13.5. The lowest BCUT2D eigenvalue weighted by atomic mass is 10.0. The number of rotatable bonds is 17. The molecule has 44 heavy (non-hydrogen) atoms. The molecule has 14 N–H and O–H groups in total. The fourth-order valence-corrected chi connectivity index (χ4v) is 4.05. The molecule has 0 saturated carbocycles. The maximum atomic E-state index is 13.4. The molecule has 2 rings (SSSR count). The number of aliphatic imine (C=N–C) groups is 1. The first kappa shape index (κ1) is 34.8. The number of hydrogen-bond donors (Lipinski definition) is 10. The normalized spacial score (nSPS) is 13.4. The first-order valence-corrected chi connectivity index (χ1v) is 13.5. The van der Waals surface area contributed by atoms with Gasteiger partial charge in [0.25, 0.3) is 0 Å². The van der Waals surface area contributed by atoms with E-state index >= 15 is 0 Å². The van der Waals surface area contributed by atoms with Crippen molar-refractivity contribution < 1.29 is 39.3 Å². The largest absolute Gasteiger partial charge is 0.508 e. The van der Waals surface area contributed by atoms with Crippen molar-refractivity contribution in [2.45, 2.75) is 56.3 Å². The van der Waals surface area contributed by atoms with Gasteiger partial charge in [0, 0.05) is 19.4 Å². The smallest absolute Gasteiger partial charge is 0.326 e. The summed E-state index contributed by atoms with van der Waals surface area (Å²) in [5.74, 6) is -4.88. The highest BCUT2D eigenvalue weighted by molar-refractivity contribution is 5.95. The molecule has 4 unspecified atom stereocenters. The molecule has 0 saturated heterocycles. The summed E-state index contributed by atoms with van der Waals surface area (Å²) in [6, 6.07) is 6.24. The predicted octanol–water partition coefficient (Wildman–Crippen LogP) is -2.32. The summed E-state index contributed by atoms with van der Waals surface area (Å²) < 4.78 is 0. The van der Waals surface area contributed by atoms with Crippen LogP contribution in [0.4, 0.5) is 0 Å². The highest BCUT2D eigenvalue weighted by Gasteiger charge is 2.31. The highest BCUT2D eigenvalue weighted by Crippen LogP contribution is 2.14. The summed E-state index contributed by atoms with van der Waals surface area (Å²) in [5.41, 5.74) is 22.6. The third-order valence-corrected chi connectivity index (χ3v) is 6.34. The van der Waals surface area contributed by atoms with Gasteiger partial charge in [0.05, 0.1) is 12.5 Å². The molecule has 238 valence electrons. The average molecular weight is 615 g/mol. The van der Waals surface area contributed by atoms with E-state index in [-0.39, 0.29) is 49.7 Å². The molecule has 4 atom stereocenters. The van der Waals surface area contributed by atoms with Gasteiger partial charge in [0.2, 0.25) is 23.6 Å². The van der Waals surface area contributed by atoms with Gasteiger partial charge in [-0.1, -0.05) is 24.3 Å². The van der Waals surface area contributed by atoms with E-state index < -0.39 is 60.2 Å². The number of benzene rings is 2. The second-order valence-corrected chi connectivity index (χ2v) is 9.99. The Kier molecular flexibility index (Phi) is 13.4. The molecule has 0 aliphatic heterocycles. The summed E-state index contributed by atoms with van der Waals surface area (Å²) in [6.45, 7) is 0.115. The molecule has 0 aliphatic rings. The minimum atomic E-state index is -1.40. The Hall–Kier alpha value is -5.38. The van der Waals surface area contributed by atoms with Crippen molar-refractivity contribution in [3.05, 3.63) is 59.7 Å². The topological polar surface area (TPSA) is 299 Å². The minimum Gasteiger partial charge on any atom is -0.508 e. The van der Waals surface area contributed by atoms with E-state index in [1.165, 1.54) is 48.5 Å². The first-order chi connectivity index (χ1) is 20.7. The number of carboxylic acids is 1. The van der Waals surface area contributed by atoms with Gasteiger partial charge in [-0.2, -0.15) is 0 Å². The van der Waals surface area contributed by atoms with E-state index in [9.17, 15) is 39.3 Å². The monoisotopic (exact) mass is 614 g/mol. The summed E-state index contributed by atoms with van der Waals surface area (Å²) in [6.07, 6.45) is -0.479. The van der Waals surface area contributed by atoms with Crippen molar-refractivity contribution in [1.82, 2.24) is 16.0 Å². The number of carbonyl (C=O) groups excluding carboxylic acids is 4. The Labute approximate surface area is 252 Å². The summed E-state index contributed by atoms with van der Waals surface area (Å²) in [7, 11) is 0. The van der Waals surface area contributed by atoms with Crippen LogP contribution in [-0.2, 0) is 36.8 Å². The number of carbonyl (C=O) groups is 5. The number of hydrogen-bond acceptors (Lipinski definition) is 9. The number of aliphatic carboxylic acids is 1. The zero-order valence-electron chi connectivity index (χ0n) is 23.8. The van der Waals surface area contributed by atoms with Gasteiger partial charge < -0.3 is 54.2 Å². The third-order valence-electron chi connectivity index (χ3n) is 6.34. The van der Waals surface area contributed by atoms with Crippen molar-refractivity contribution in [2.24, 2.45) is 27.9 Å². The summed E-state index contributed by atoms with van der Waals surface area (Å²) in [5, 5.41) is 36.4. The Morgan fingerprint density at radius 1 is 0.705 bits per heavy atom. The lowest BCUT2D eigenvalue weighted by Gasteiger charge is -2.25. The number of nitrogens with two attached hydrogens (primary N) is 4. The molecule has 0 bridgehead atoms. The lowest BCUT2D eigenvalue weighted by Crippen LogP contribution is -2.58. The van der Waals surface area contributed by atoms with Crippen LogP contribution in [0.3, 0.4) is 0 Å². The average Bonchev–Trinajstić information content (AvgIpc) is 2.95. The van der Waals surface area contributed by atoms with E-state index in [0.29, 0.717) is 11.1 Å². The fraction of sp³-hybridized carbons (Fsp3) is 0.357. The van der Waals surface area contributed by atoms with Crippen LogP contribution in [0.2, 0.25) is 0 Å². The van der Waals surface area contributed by atoms with Gasteiger partial charge in [-0.3, -0.25) is 24.2 Å². The van der Waals surface area contributed by atoms with E-state index in [0.717, 1.165) is 0 Å². The van der Waals surface area contributed by atoms with Gasteiger partial charge in [0.15, 0.2) is 5.96 Å². The van der Waals surface area contributed by atoms with Crippen LogP contribution < -0.4 is 38.9 Å². The molecular weight excluding hydrogens is 576 g/mol. The zero-order chi connectivity index (χ0) is 32.8. The van der Waals surface area contributed by atoms with Crippen molar-refractivity contribution >= 4 is 35.6 Å². The predicted molar refractivity (Wildman–Crippen MR) is 159 cm³/mol. The molecular formula is C28H38N8O8. The number of amides is 4. The molecule has 2 aromatic rings. The van der Waals surface area contributed by atoms with E-state index in [4.69, 9.17) is 22.9 Å². The minimum absolute atomic E-state index is 0.00377. The van der Waals surface area contributed by atoms with Crippen molar-refractivity contribution in [3.63, 3.8) is 0 Å². The zero-order valence-corrected chi connectivity index (χ0v) is 23.8. The molecule has 16 nitrogen and oxygen atoms in total. The number of phenolic OH excluding ortho intramolecular Hbond substituents is 2. The van der Waals surface area contributed by atoms with E-state index in [1.54, 1.807) is 0 Å². The maximum Gasteiger partial charge on any atom is 0.326 e. The maximum absolute atomic E-state index is 13.4. The highest BCUT2D eigenvalue weighted by atomic mass is 16.4. The van der Waals surface area contributed by atoms with Crippen LogP contribution in [0.15, 0.2) is 53.5 Å². The van der Waals surface area contributed by atoms with Crippen molar-refractivity contribution in [3.8, 4) is 11.5 Å². The summed E-state index contributed by atoms with van der Waals surface area (Å²) >= 11 is 0. The molecule has 0 radical (unpaired) electrons. The molecule has 0 heterocycles. The molecule has 0 fully saturated rings. The van der Waals surface area contributed by atoms with Gasteiger partial charge >= 0.3 is 5.97 Å². The van der Waals surface area contributed by atoms with E-state index in [2.05, 4.69) is 20.9 Å². The number of carboxylic acid groups (broad SMARTS) is 1. The van der Waals surface area contributed by atoms with Crippen LogP contribution in [0.25, 0.3) is 0 Å². The fourth-order valence-electron chi connectivity index (χ4n) is 4.05. The molecule has 16 heteroatoms. The Morgan fingerprint density at radius 3 is 1.64 bits per heavy atom. The Balaban J connectivity index is 2.30. The molecule has 4 amide bonds. The SMILES string of the molecule is NC(=O)CC(N)C(=O)NC(CCCN=C(N)N)C(=O)NC(Cc1ccc(O)cc1)C(=O)NC(Cc1ccc(O)cc1)C(=O)O. The number of primary amides is 1. The molecule has 0 aliphatic carbocycles. The molecule has 2 aromatic carbocycles. The van der Waals surface area contributed by atoms with E-state index in [1.807, 2.05) is 0 Å². The van der Waals surface area contributed by atoms with Gasteiger partial charge in [-0.05, 0) is 48.2 Å². The standard InChI is InChI=1S/C28H38N8O8/c29-19(14-23(30)39)24(40)34-20(2-1-11-33-28(31)32)25(41)35-21(12-15-3-7-17(37)8-4-15)26(42)36-22(27(43)44)13-16-5-9-18(38)10-6-16/h3-10,19-22,37-38H,1-2,11-14,29H2,(H2,30,39)(H,34,40)(H,35,41)(H,36,42)(H,43,44)(H4,31,32,33). The molecule has 0 spiro atoms. The number of aromatic hydroxyl groups is 2. The quantitative estimate of drug-likeness (QED) is 0.0512. The van der Waals surface area contributed by atoms with Crippen LogP contribution in [0, 0.1) is 0 Å². The Morgan fingerprint density at radius 2 is 1.16 bits per heavy atom. The van der Waals surface area contributed by atoms with Crippen LogP contribution in [0.5, 0.6) is 11.5 Å².